The highest BCUT2D eigenvalue weighted by molar-refractivity contribution is 6.17. The summed E-state index contributed by atoms with van der Waals surface area (Å²) in [6, 6.07) is 0. The summed E-state index contributed by atoms with van der Waals surface area (Å²) in [6.07, 6.45) is 16.4. The zero-order chi connectivity index (χ0) is 10.5. The number of alkyl halides is 1. The molecule has 0 spiro atoms. The minimum atomic E-state index is 0.830. The lowest BCUT2D eigenvalue weighted by Crippen LogP contribution is -1.79. The second-order valence-electron chi connectivity index (χ2n) is 3.86. The maximum atomic E-state index is 5.60. The average Bonchev–Trinajstić information content (AvgIpc) is 2.21. The Morgan fingerprint density at radius 2 is 1.36 bits per heavy atom. The van der Waals surface area contributed by atoms with Gasteiger partial charge < -0.3 is 0 Å². The molecule has 0 nitrogen and oxygen atoms in total. The molecule has 0 rings (SSSR count). The number of rotatable bonds is 10. The van der Waals surface area contributed by atoms with Gasteiger partial charge in [0, 0.05) is 5.88 Å². The van der Waals surface area contributed by atoms with Crippen molar-refractivity contribution in [1.29, 1.82) is 0 Å². The van der Waals surface area contributed by atoms with Crippen LogP contribution in [0, 0.1) is 0 Å². The smallest absolute Gasteiger partial charge is 0.0223 e. The normalized spacial score (nSPS) is 11.3. The van der Waals surface area contributed by atoms with Crippen molar-refractivity contribution in [3.05, 3.63) is 12.2 Å². The molecule has 0 aliphatic rings. The molecule has 0 N–H and O–H groups in total. The Labute approximate surface area is 94.7 Å². The lowest BCUT2D eigenvalue weighted by atomic mass is 10.1. The Bertz CT molecular complexity index is 118. The molecule has 0 aromatic heterocycles. The highest BCUT2D eigenvalue weighted by Crippen LogP contribution is 2.07. The lowest BCUT2D eigenvalue weighted by Gasteiger charge is -1.97. The molecule has 0 saturated heterocycles. The maximum Gasteiger partial charge on any atom is 0.0223 e. The quantitative estimate of drug-likeness (QED) is 0.264. The fourth-order valence-electron chi connectivity index (χ4n) is 1.44. The highest BCUT2D eigenvalue weighted by Gasteiger charge is 1.88. The van der Waals surface area contributed by atoms with Gasteiger partial charge in [-0.05, 0) is 25.7 Å². The fraction of sp³-hybridized carbons (Fsp3) is 0.846. The molecular weight excluding hydrogens is 192 g/mol. The van der Waals surface area contributed by atoms with Crippen molar-refractivity contribution in [2.45, 2.75) is 64.7 Å². The third-order valence-electron chi connectivity index (χ3n) is 2.40. The van der Waals surface area contributed by atoms with Crippen molar-refractivity contribution in [3.63, 3.8) is 0 Å². The second kappa shape index (κ2) is 13.0. The van der Waals surface area contributed by atoms with E-state index in [9.17, 15) is 0 Å². The first-order valence-corrected chi connectivity index (χ1v) is 6.66. The first kappa shape index (κ1) is 14.0. The predicted octanol–water partition coefficient (Wildman–Crippen LogP) is 5.31. The van der Waals surface area contributed by atoms with Crippen LogP contribution in [-0.2, 0) is 0 Å². The summed E-state index contributed by atoms with van der Waals surface area (Å²) in [4.78, 5) is 0. The molecule has 0 aromatic rings. The molecule has 0 atom stereocenters. The molecule has 0 aliphatic heterocycles. The van der Waals surface area contributed by atoms with E-state index in [0.29, 0.717) is 0 Å². The number of allylic oxidation sites excluding steroid dienone is 2. The van der Waals surface area contributed by atoms with Crippen molar-refractivity contribution >= 4 is 11.6 Å². The summed E-state index contributed by atoms with van der Waals surface area (Å²) in [7, 11) is 0. The molecule has 0 bridgehead atoms. The van der Waals surface area contributed by atoms with Crippen LogP contribution in [-0.4, -0.2) is 5.88 Å². The minimum Gasteiger partial charge on any atom is -0.127 e. The monoisotopic (exact) mass is 216 g/mol. The van der Waals surface area contributed by atoms with Gasteiger partial charge in [0.05, 0.1) is 0 Å². The first-order valence-electron chi connectivity index (χ1n) is 6.12. The largest absolute Gasteiger partial charge is 0.127 e. The van der Waals surface area contributed by atoms with Gasteiger partial charge in [0.2, 0.25) is 0 Å². The summed E-state index contributed by atoms with van der Waals surface area (Å²) < 4.78 is 0. The van der Waals surface area contributed by atoms with E-state index in [1.807, 2.05) is 0 Å². The first-order chi connectivity index (χ1) is 6.91. The molecule has 0 heterocycles. The van der Waals surface area contributed by atoms with Gasteiger partial charge in [-0.2, -0.15) is 0 Å². The van der Waals surface area contributed by atoms with Crippen molar-refractivity contribution < 1.29 is 0 Å². The Morgan fingerprint density at radius 3 is 2.00 bits per heavy atom. The Morgan fingerprint density at radius 1 is 0.786 bits per heavy atom. The number of unbranched alkanes of at least 4 members (excludes halogenated alkanes) is 7. The molecule has 0 unspecified atom stereocenters. The molecule has 0 saturated carbocycles. The standard InChI is InChI=1S/C13H25Cl/c1-2-3-4-5-6-7-8-9-10-11-12-13-14/h5-6H,2-4,7-13H2,1H3. The van der Waals surface area contributed by atoms with Crippen LogP contribution in [0.5, 0.6) is 0 Å². The van der Waals surface area contributed by atoms with E-state index in [-0.39, 0.29) is 0 Å². The zero-order valence-corrected chi connectivity index (χ0v) is 10.4. The summed E-state index contributed by atoms with van der Waals surface area (Å²) in [5, 5.41) is 0. The molecule has 0 fully saturated rings. The topological polar surface area (TPSA) is 0 Å². The van der Waals surface area contributed by atoms with Gasteiger partial charge in [0.1, 0.15) is 0 Å². The van der Waals surface area contributed by atoms with E-state index in [2.05, 4.69) is 19.1 Å². The van der Waals surface area contributed by atoms with Crippen LogP contribution in [0.2, 0.25) is 0 Å². The van der Waals surface area contributed by atoms with Crippen molar-refractivity contribution in [3.8, 4) is 0 Å². The van der Waals surface area contributed by atoms with Crippen molar-refractivity contribution in [2.75, 3.05) is 5.88 Å². The number of halogens is 1. The predicted molar refractivity (Wildman–Crippen MR) is 67.1 cm³/mol. The van der Waals surface area contributed by atoms with Crippen LogP contribution in [0.25, 0.3) is 0 Å². The molecule has 0 radical (unpaired) electrons. The average molecular weight is 217 g/mol. The van der Waals surface area contributed by atoms with Crippen LogP contribution in [0.3, 0.4) is 0 Å². The van der Waals surface area contributed by atoms with E-state index in [1.165, 1.54) is 57.8 Å². The summed E-state index contributed by atoms with van der Waals surface area (Å²) >= 11 is 5.60. The molecule has 1 heteroatoms. The Kier molecular flexibility index (Phi) is 13.1. The Hall–Kier alpha value is 0.0300. The van der Waals surface area contributed by atoms with E-state index >= 15 is 0 Å². The maximum absolute atomic E-state index is 5.60. The molecule has 0 aromatic carbocycles. The van der Waals surface area contributed by atoms with E-state index in [4.69, 9.17) is 11.6 Å². The van der Waals surface area contributed by atoms with Crippen LogP contribution >= 0.6 is 11.6 Å². The molecule has 0 amide bonds. The fourth-order valence-corrected chi connectivity index (χ4v) is 1.63. The van der Waals surface area contributed by atoms with E-state index < -0.39 is 0 Å². The van der Waals surface area contributed by atoms with Crippen LogP contribution in [0.1, 0.15) is 64.7 Å². The van der Waals surface area contributed by atoms with Crippen LogP contribution in [0.15, 0.2) is 12.2 Å². The molecule has 0 aliphatic carbocycles. The molecule has 14 heavy (non-hydrogen) atoms. The number of hydrogen-bond donors (Lipinski definition) is 0. The summed E-state index contributed by atoms with van der Waals surface area (Å²) in [6.45, 7) is 2.24. The lowest BCUT2D eigenvalue weighted by molar-refractivity contribution is 0.638. The Balaban J connectivity index is 2.94. The second-order valence-corrected chi connectivity index (χ2v) is 4.24. The number of hydrogen-bond acceptors (Lipinski definition) is 0. The van der Waals surface area contributed by atoms with Crippen LogP contribution < -0.4 is 0 Å². The van der Waals surface area contributed by atoms with Gasteiger partial charge in [-0.25, -0.2) is 0 Å². The van der Waals surface area contributed by atoms with Crippen LogP contribution in [0.4, 0.5) is 0 Å². The van der Waals surface area contributed by atoms with Gasteiger partial charge >= 0.3 is 0 Å². The third-order valence-corrected chi connectivity index (χ3v) is 2.66. The zero-order valence-electron chi connectivity index (χ0n) is 9.60. The molecule has 84 valence electrons. The van der Waals surface area contributed by atoms with Gasteiger partial charge in [0.25, 0.3) is 0 Å². The van der Waals surface area contributed by atoms with Gasteiger partial charge in [0.15, 0.2) is 0 Å². The highest BCUT2D eigenvalue weighted by atomic mass is 35.5. The van der Waals surface area contributed by atoms with Gasteiger partial charge in [-0.15, -0.1) is 11.6 Å². The van der Waals surface area contributed by atoms with Gasteiger partial charge in [-0.1, -0.05) is 51.2 Å². The van der Waals surface area contributed by atoms with E-state index in [0.717, 1.165) is 5.88 Å². The van der Waals surface area contributed by atoms with Gasteiger partial charge in [-0.3, -0.25) is 0 Å². The SMILES string of the molecule is CCCCC=CCCCCCCCCl. The summed E-state index contributed by atoms with van der Waals surface area (Å²) in [5.74, 6) is 0.830. The van der Waals surface area contributed by atoms with Crippen molar-refractivity contribution in [1.82, 2.24) is 0 Å². The molecular formula is C13H25Cl. The minimum absolute atomic E-state index is 0.830. The van der Waals surface area contributed by atoms with E-state index in [1.54, 1.807) is 0 Å². The third kappa shape index (κ3) is 12.0. The summed E-state index contributed by atoms with van der Waals surface area (Å²) in [5.41, 5.74) is 0. The van der Waals surface area contributed by atoms with Crippen molar-refractivity contribution in [2.24, 2.45) is 0 Å².